The van der Waals surface area contributed by atoms with Crippen LogP contribution < -0.4 is 9.47 Å². The molecule has 3 rings (SSSR count). The molecule has 0 saturated heterocycles. The first-order valence-corrected chi connectivity index (χ1v) is 6.61. The summed E-state index contributed by atoms with van der Waals surface area (Å²) in [6.07, 6.45) is 2.68. The molecule has 2 aromatic rings. The molecule has 19 heavy (non-hydrogen) atoms. The van der Waals surface area contributed by atoms with Gasteiger partial charge in [0.15, 0.2) is 16.3 Å². The lowest BCUT2D eigenvalue weighted by Gasteiger charge is -2.10. The van der Waals surface area contributed by atoms with Crippen molar-refractivity contribution in [3.05, 3.63) is 34.7 Å². The maximum absolute atomic E-state index is 5.70. The van der Waals surface area contributed by atoms with E-state index in [1.165, 1.54) is 0 Å². The smallest absolute Gasteiger partial charge is 0.197 e. The number of aromatic amines is 1. The van der Waals surface area contributed by atoms with E-state index in [1.807, 2.05) is 25.1 Å². The molecule has 0 aliphatic carbocycles. The molecule has 4 nitrogen and oxygen atoms in total. The predicted octanol–water partition coefficient (Wildman–Crippen LogP) is 3.28. The summed E-state index contributed by atoms with van der Waals surface area (Å²) in [5, 5.41) is 0. The summed E-state index contributed by atoms with van der Waals surface area (Å²) in [6, 6.07) is 5.92. The molecule has 1 aliphatic rings. The minimum absolute atomic E-state index is 0.479. The summed E-state index contributed by atoms with van der Waals surface area (Å²) in [5.74, 6) is 1.58. The lowest BCUT2D eigenvalue weighted by molar-refractivity contribution is 0.297. The monoisotopic (exact) mass is 274 g/mol. The molecule has 0 amide bonds. The lowest BCUT2D eigenvalue weighted by atomic mass is 10.1. The van der Waals surface area contributed by atoms with Crippen LogP contribution >= 0.6 is 12.2 Å². The Bertz CT molecular complexity index is 667. The zero-order valence-corrected chi connectivity index (χ0v) is 11.4. The molecule has 0 spiro atoms. The zero-order chi connectivity index (χ0) is 13.2. The molecule has 0 fully saturated rings. The number of hydrogen-bond acceptors (Lipinski definition) is 4. The Labute approximate surface area is 116 Å². The van der Waals surface area contributed by atoms with Gasteiger partial charge in [-0.15, -0.1) is 0 Å². The van der Waals surface area contributed by atoms with Gasteiger partial charge in [-0.2, -0.15) is 0 Å². The summed E-state index contributed by atoms with van der Waals surface area (Å²) in [7, 11) is 0. The SMILES string of the molecule is Cc1cnc(=S)[nH]c1-c1ccc2c(c1)OCCCO2. The van der Waals surface area contributed by atoms with E-state index in [1.54, 1.807) is 6.20 Å². The van der Waals surface area contributed by atoms with Crippen molar-refractivity contribution >= 4 is 12.2 Å². The molecular formula is C14H14N2O2S. The number of nitrogens with one attached hydrogen (secondary N) is 1. The molecule has 0 unspecified atom stereocenters. The summed E-state index contributed by atoms with van der Waals surface area (Å²) in [4.78, 5) is 7.19. The first-order chi connectivity index (χ1) is 9.24. The number of rotatable bonds is 1. The van der Waals surface area contributed by atoms with Crippen LogP contribution in [0.5, 0.6) is 11.5 Å². The highest BCUT2D eigenvalue weighted by Gasteiger charge is 2.12. The third-order valence-corrected chi connectivity index (χ3v) is 3.25. The van der Waals surface area contributed by atoms with Gasteiger partial charge in [-0.3, -0.25) is 0 Å². The Kier molecular flexibility index (Phi) is 3.21. The fourth-order valence-corrected chi connectivity index (χ4v) is 2.23. The quantitative estimate of drug-likeness (QED) is 0.811. The van der Waals surface area contributed by atoms with Crippen molar-refractivity contribution in [2.24, 2.45) is 0 Å². The number of ether oxygens (including phenoxy) is 2. The maximum Gasteiger partial charge on any atom is 0.197 e. The van der Waals surface area contributed by atoms with Gasteiger partial charge in [-0.25, -0.2) is 4.98 Å². The zero-order valence-electron chi connectivity index (χ0n) is 10.6. The van der Waals surface area contributed by atoms with Gasteiger partial charge in [0.2, 0.25) is 0 Å². The second-order valence-electron chi connectivity index (χ2n) is 4.46. The van der Waals surface area contributed by atoms with E-state index in [4.69, 9.17) is 21.7 Å². The number of benzene rings is 1. The van der Waals surface area contributed by atoms with Crippen LogP contribution in [-0.4, -0.2) is 23.2 Å². The molecule has 0 saturated carbocycles. The Morgan fingerprint density at radius 2 is 2.00 bits per heavy atom. The van der Waals surface area contributed by atoms with Crippen LogP contribution in [0.1, 0.15) is 12.0 Å². The third-order valence-electron chi connectivity index (χ3n) is 3.04. The molecule has 1 aliphatic heterocycles. The summed E-state index contributed by atoms with van der Waals surface area (Å²) in [5.41, 5.74) is 3.04. The lowest BCUT2D eigenvalue weighted by Crippen LogP contribution is -1.97. The fourth-order valence-electron chi connectivity index (χ4n) is 2.08. The van der Waals surface area contributed by atoms with E-state index < -0.39 is 0 Å². The van der Waals surface area contributed by atoms with Gasteiger partial charge in [0.1, 0.15) is 0 Å². The fraction of sp³-hybridized carbons (Fsp3) is 0.286. The van der Waals surface area contributed by atoms with Crippen molar-refractivity contribution in [1.29, 1.82) is 0 Å². The van der Waals surface area contributed by atoms with Crippen LogP contribution in [-0.2, 0) is 0 Å². The van der Waals surface area contributed by atoms with Gasteiger partial charge in [0, 0.05) is 18.2 Å². The molecular weight excluding hydrogens is 260 g/mol. The Balaban J connectivity index is 2.08. The van der Waals surface area contributed by atoms with E-state index in [2.05, 4.69) is 9.97 Å². The minimum Gasteiger partial charge on any atom is -0.490 e. The van der Waals surface area contributed by atoms with Crippen molar-refractivity contribution in [3.63, 3.8) is 0 Å². The highest BCUT2D eigenvalue weighted by atomic mass is 32.1. The van der Waals surface area contributed by atoms with Crippen molar-refractivity contribution < 1.29 is 9.47 Å². The van der Waals surface area contributed by atoms with Crippen LogP contribution in [0.2, 0.25) is 0 Å². The van der Waals surface area contributed by atoms with Gasteiger partial charge in [-0.1, -0.05) is 0 Å². The van der Waals surface area contributed by atoms with Crippen LogP contribution in [0.15, 0.2) is 24.4 Å². The van der Waals surface area contributed by atoms with E-state index in [-0.39, 0.29) is 0 Å². The number of aromatic nitrogens is 2. The van der Waals surface area contributed by atoms with Crippen LogP contribution in [0, 0.1) is 11.7 Å². The van der Waals surface area contributed by atoms with E-state index >= 15 is 0 Å². The average Bonchev–Trinajstić information content (AvgIpc) is 2.66. The van der Waals surface area contributed by atoms with Gasteiger partial charge in [0.25, 0.3) is 0 Å². The van der Waals surface area contributed by atoms with Crippen molar-refractivity contribution in [3.8, 4) is 22.8 Å². The number of aryl methyl sites for hydroxylation is 1. The number of fused-ring (bicyclic) bond motifs is 1. The molecule has 1 N–H and O–H groups in total. The Morgan fingerprint density at radius 1 is 1.21 bits per heavy atom. The first-order valence-electron chi connectivity index (χ1n) is 6.20. The van der Waals surface area contributed by atoms with Gasteiger partial charge in [0.05, 0.1) is 18.9 Å². The normalized spacial score (nSPS) is 13.9. The molecule has 0 atom stereocenters. The van der Waals surface area contributed by atoms with Gasteiger partial charge < -0.3 is 14.5 Å². The molecule has 5 heteroatoms. The van der Waals surface area contributed by atoms with E-state index in [9.17, 15) is 0 Å². The van der Waals surface area contributed by atoms with E-state index in [0.717, 1.165) is 34.7 Å². The minimum atomic E-state index is 0.479. The molecule has 0 bridgehead atoms. The highest BCUT2D eigenvalue weighted by molar-refractivity contribution is 7.71. The van der Waals surface area contributed by atoms with Crippen LogP contribution in [0.4, 0.5) is 0 Å². The number of hydrogen-bond donors (Lipinski definition) is 1. The molecule has 98 valence electrons. The molecule has 2 heterocycles. The molecule has 1 aromatic heterocycles. The summed E-state index contributed by atoms with van der Waals surface area (Å²) < 4.78 is 11.8. The van der Waals surface area contributed by atoms with Crippen LogP contribution in [0.25, 0.3) is 11.3 Å². The Hall–Kier alpha value is -1.88. The van der Waals surface area contributed by atoms with Crippen molar-refractivity contribution in [1.82, 2.24) is 9.97 Å². The first kappa shape index (κ1) is 12.2. The summed E-state index contributed by atoms with van der Waals surface area (Å²) >= 11 is 5.08. The number of H-pyrrole nitrogens is 1. The Morgan fingerprint density at radius 3 is 2.84 bits per heavy atom. The standard InChI is InChI=1S/C14H14N2O2S/c1-9-8-15-14(19)16-13(9)10-3-4-11-12(7-10)18-6-2-5-17-11/h3-4,7-8H,2,5-6H2,1H3,(H,15,16,19). The van der Waals surface area contributed by atoms with E-state index in [0.29, 0.717) is 18.0 Å². The second-order valence-corrected chi connectivity index (χ2v) is 4.85. The van der Waals surface area contributed by atoms with Gasteiger partial charge >= 0.3 is 0 Å². The largest absolute Gasteiger partial charge is 0.490 e. The molecule has 1 aromatic carbocycles. The third kappa shape index (κ3) is 2.46. The van der Waals surface area contributed by atoms with Crippen LogP contribution in [0.3, 0.4) is 0 Å². The van der Waals surface area contributed by atoms with Crippen molar-refractivity contribution in [2.45, 2.75) is 13.3 Å². The second kappa shape index (κ2) is 5.01. The maximum atomic E-state index is 5.70. The van der Waals surface area contributed by atoms with Crippen molar-refractivity contribution in [2.75, 3.05) is 13.2 Å². The predicted molar refractivity (Wildman–Crippen MR) is 75.2 cm³/mol. The number of nitrogens with zero attached hydrogens (tertiary/aromatic N) is 1. The van der Waals surface area contributed by atoms with Gasteiger partial charge in [-0.05, 0) is 42.9 Å². The highest BCUT2D eigenvalue weighted by Crippen LogP contribution is 2.34. The molecule has 0 radical (unpaired) electrons. The summed E-state index contributed by atoms with van der Waals surface area (Å²) in [6.45, 7) is 3.38. The topological polar surface area (TPSA) is 47.1 Å². The average molecular weight is 274 g/mol.